The first-order valence-electron chi connectivity index (χ1n) is 8.04. The molecule has 128 valence electrons. The van der Waals surface area contributed by atoms with Crippen LogP contribution in [-0.2, 0) is 13.1 Å². The van der Waals surface area contributed by atoms with Gasteiger partial charge in [0.1, 0.15) is 5.75 Å². The maximum atomic E-state index is 10.7. The van der Waals surface area contributed by atoms with Crippen LogP contribution in [0.15, 0.2) is 60.7 Å². The average Bonchev–Trinajstić information content (AvgIpc) is 2.61. The molecule has 0 unspecified atom stereocenters. The van der Waals surface area contributed by atoms with E-state index in [-0.39, 0.29) is 10.6 Å². The van der Waals surface area contributed by atoms with Crippen LogP contribution in [0.3, 0.4) is 0 Å². The molecule has 0 radical (unpaired) electrons. The van der Waals surface area contributed by atoms with Crippen molar-refractivity contribution < 1.29 is 9.66 Å². The Morgan fingerprint density at radius 2 is 1.52 bits per heavy atom. The van der Waals surface area contributed by atoms with Crippen LogP contribution in [0.2, 0.25) is 0 Å². The van der Waals surface area contributed by atoms with Crippen LogP contribution in [0.1, 0.15) is 11.1 Å². The summed E-state index contributed by atoms with van der Waals surface area (Å²) in [5.41, 5.74) is 2.40. The highest BCUT2D eigenvalue weighted by Crippen LogP contribution is 2.22. The maximum Gasteiger partial charge on any atom is 0.269 e. The summed E-state index contributed by atoms with van der Waals surface area (Å²) in [6.07, 6.45) is 0. The monoisotopic (exact) mass is 336 g/mol. The molecule has 0 saturated carbocycles. The van der Waals surface area contributed by atoms with Crippen molar-refractivity contribution in [1.29, 1.82) is 0 Å². The van der Waals surface area contributed by atoms with Crippen LogP contribution in [-0.4, -0.2) is 24.0 Å². The van der Waals surface area contributed by atoms with Gasteiger partial charge in [0, 0.05) is 25.2 Å². The van der Waals surface area contributed by atoms with Gasteiger partial charge < -0.3 is 4.74 Å². The number of nitro benzene ring substituents is 1. The highest BCUT2D eigenvalue weighted by molar-refractivity contribution is 5.84. The van der Waals surface area contributed by atoms with Crippen molar-refractivity contribution in [2.75, 3.05) is 14.2 Å². The van der Waals surface area contributed by atoms with E-state index in [2.05, 4.69) is 29.2 Å². The molecule has 0 atom stereocenters. The second kappa shape index (κ2) is 7.32. The summed E-state index contributed by atoms with van der Waals surface area (Å²) in [5, 5.41) is 13.0. The predicted octanol–water partition coefficient (Wildman–Crippen LogP) is 4.39. The van der Waals surface area contributed by atoms with E-state index in [1.165, 1.54) is 10.9 Å². The van der Waals surface area contributed by atoms with Crippen molar-refractivity contribution in [3.8, 4) is 5.75 Å². The van der Waals surface area contributed by atoms with Gasteiger partial charge in [-0.25, -0.2) is 0 Å². The Balaban J connectivity index is 1.68. The van der Waals surface area contributed by atoms with Crippen molar-refractivity contribution in [2.45, 2.75) is 13.1 Å². The van der Waals surface area contributed by atoms with Gasteiger partial charge >= 0.3 is 0 Å². The summed E-state index contributed by atoms with van der Waals surface area (Å²) in [7, 11) is 3.71. The molecule has 5 heteroatoms. The quantitative estimate of drug-likeness (QED) is 0.495. The number of ether oxygens (including phenoxy) is 1. The fraction of sp³-hybridized carbons (Fsp3) is 0.200. The number of rotatable bonds is 6. The van der Waals surface area contributed by atoms with Crippen LogP contribution in [0.4, 0.5) is 5.69 Å². The number of non-ortho nitro benzene ring substituents is 1. The lowest BCUT2D eigenvalue weighted by Gasteiger charge is -2.17. The fourth-order valence-electron chi connectivity index (χ4n) is 2.90. The molecule has 0 N–H and O–H groups in total. The largest absolute Gasteiger partial charge is 0.497 e. The van der Waals surface area contributed by atoms with Crippen molar-refractivity contribution in [3.05, 3.63) is 81.9 Å². The number of nitrogens with zero attached hydrogens (tertiary/aromatic N) is 2. The van der Waals surface area contributed by atoms with E-state index in [4.69, 9.17) is 4.74 Å². The normalized spacial score (nSPS) is 11.0. The van der Waals surface area contributed by atoms with E-state index in [9.17, 15) is 10.1 Å². The Kier molecular flexibility index (Phi) is 4.95. The summed E-state index contributed by atoms with van der Waals surface area (Å²) < 4.78 is 5.26. The highest BCUT2D eigenvalue weighted by Gasteiger charge is 2.07. The zero-order valence-electron chi connectivity index (χ0n) is 14.3. The minimum Gasteiger partial charge on any atom is -0.497 e. The number of methoxy groups -OCH3 is 1. The first kappa shape index (κ1) is 16.9. The first-order valence-corrected chi connectivity index (χ1v) is 8.04. The molecule has 3 rings (SSSR count). The van der Waals surface area contributed by atoms with Crippen molar-refractivity contribution in [3.63, 3.8) is 0 Å². The summed E-state index contributed by atoms with van der Waals surface area (Å²) in [5.74, 6) is 0.857. The molecule has 0 fully saturated rings. The third kappa shape index (κ3) is 4.14. The summed E-state index contributed by atoms with van der Waals surface area (Å²) in [6, 6.07) is 19.2. The van der Waals surface area contributed by atoms with Crippen LogP contribution < -0.4 is 4.74 Å². The molecule has 25 heavy (non-hydrogen) atoms. The van der Waals surface area contributed by atoms with Gasteiger partial charge in [0.25, 0.3) is 5.69 Å². The summed E-state index contributed by atoms with van der Waals surface area (Å²) >= 11 is 0. The van der Waals surface area contributed by atoms with Gasteiger partial charge in [-0.05, 0) is 47.1 Å². The predicted molar refractivity (Wildman–Crippen MR) is 98.8 cm³/mol. The molecule has 0 amide bonds. The molecule has 0 saturated heterocycles. The molecule has 5 nitrogen and oxygen atoms in total. The second-order valence-corrected chi connectivity index (χ2v) is 6.14. The standard InChI is InChI=1S/C20H20N2O3/c1-21(13-15-4-8-19(9-5-15)22(23)24)14-16-3-6-18-12-20(25-2)10-7-17(18)11-16/h3-12H,13-14H2,1-2H3. The van der Waals surface area contributed by atoms with Gasteiger partial charge in [0.05, 0.1) is 12.0 Å². The maximum absolute atomic E-state index is 10.7. The lowest BCUT2D eigenvalue weighted by atomic mass is 10.1. The first-order chi connectivity index (χ1) is 12.0. The second-order valence-electron chi connectivity index (χ2n) is 6.14. The molecule has 0 aliphatic carbocycles. The number of nitro groups is 1. The van der Waals surface area contributed by atoms with Gasteiger partial charge in [-0.1, -0.05) is 30.3 Å². The summed E-state index contributed by atoms with van der Waals surface area (Å²) in [4.78, 5) is 12.5. The van der Waals surface area contributed by atoms with Crippen LogP contribution in [0.25, 0.3) is 10.8 Å². The molecular formula is C20H20N2O3. The topological polar surface area (TPSA) is 55.6 Å². The number of benzene rings is 3. The van der Waals surface area contributed by atoms with E-state index >= 15 is 0 Å². The minimum absolute atomic E-state index is 0.122. The van der Waals surface area contributed by atoms with Crippen LogP contribution in [0, 0.1) is 10.1 Å². The zero-order chi connectivity index (χ0) is 17.8. The van der Waals surface area contributed by atoms with Gasteiger partial charge in [0.15, 0.2) is 0 Å². The molecule has 3 aromatic rings. The lowest BCUT2D eigenvalue weighted by molar-refractivity contribution is -0.384. The number of fused-ring (bicyclic) bond motifs is 1. The van der Waals surface area contributed by atoms with E-state index in [1.54, 1.807) is 31.4 Å². The molecule has 0 aliphatic rings. The average molecular weight is 336 g/mol. The van der Waals surface area contributed by atoms with E-state index in [1.807, 2.05) is 19.2 Å². The van der Waals surface area contributed by atoms with Crippen LogP contribution in [0.5, 0.6) is 5.75 Å². The Morgan fingerprint density at radius 1 is 0.920 bits per heavy atom. The van der Waals surface area contributed by atoms with E-state index in [0.717, 1.165) is 29.8 Å². The van der Waals surface area contributed by atoms with Crippen molar-refractivity contribution >= 4 is 16.5 Å². The number of hydrogen-bond donors (Lipinski definition) is 0. The minimum atomic E-state index is -0.377. The lowest BCUT2D eigenvalue weighted by Crippen LogP contribution is -2.17. The van der Waals surface area contributed by atoms with Crippen LogP contribution >= 0.6 is 0 Å². The Hall–Kier alpha value is -2.92. The third-order valence-corrected chi connectivity index (χ3v) is 4.16. The third-order valence-electron chi connectivity index (χ3n) is 4.16. The molecule has 0 aromatic heterocycles. The van der Waals surface area contributed by atoms with E-state index in [0.29, 0.717) is 0 Å². The van der Waals surface area contributed by atoms with Crippen molar-refractivity contribution in [1.82, 2.24) is 4.90 Å². The molecule has 0 heterocycles. The van der Waals surface area contributed by atoms with Gasteiger partial charge in [0.2, 0.25) is 0 Å². The summed E-state index contributed by atoms with van der Waals surface area (Å²) in [6.45, 7) is 1.54. The van der Waals surface area contributed by atoms with Crippen molar-refractivity contribution in [2.24, 2.45) is 0 Å². The highest BCUT2D eigenvalue weighted by atomic mass is 16.6. The Morgan fingerprint density at radius 3 is 2.20 bits per heavy atom. The molecule has 0 spiro atoms. The Labute approximate surface area is 146 Å². The van der Waals surface area contributed by atoms with Gasteiger partial charge in [-0.3, -0.25) is 15.0 Å². The fourth-order valence-corrected chi connectivity index (χ4v) is 2.90. The molecule has 0 bridgehead atoms. The Bertz CT molecular complexity index is 891. The number of hydrogen-bond acceptors (Lipinski definition) is 4. The SMILES string of the molecule is COc1ccc2cc(CN(C)Cc3ccc([N+](=O)[O-])cc3)ccc2c1. The van der Waals surface area contributed by atoms with Gasteiger partial charge in [-0.15, -0.1) is 0 Å². The van der Waals surface area contributed by atoms with Gasteiger partial charge in [-0.2, -0.15) is 0 Å². The smallest absolute Gasteiger partial charge is 0.269 e. The molecule has 3 aromatic carbocycles. The molecule has 0 aliphatic heterocycles. The molecular weight excluding hydrogens is 316 g/mol. The van der Waals surface area contributed by atoms with E-state index < -0.39 is 0 Å². The zero-order valence-corrected chi connectivity index (χ0v) is 14.3.